The fourth-order valence-corrected chi connectivity index (χ4v) is 4.23. The molecule has 2 fully saturated rings. The predicted octanol–water partition coefficient (Wildman–Crippen LogP) is 1.93. The monoisotopic (exact) mass is 240 g/mol. The van der Waals surface area contributed by atoms with Crippen LogP contribution >= 0.6 is 11.8 Å². The first-order valence-corrected chi connectivity index (χ1v) is 7.06. The van der Waals surface area contributed by atoms with E-state index in [9.17, 15) is 5.26 Å². The molecule has 0 aromatic carbocycles. The fraction of sp³-hybridized carbons (Fsp3) is 0.917. The van der Waals surface area contributed by atoms with Crippen LogP contribution in [0.1, 0.15) is 32.1 Å². The van der Waals surface area contributed by atoms with Crippen molar-refractivity contribution < 1.29 is 4.74 Å². The lowest BCUT2D eigenvalue weighted by molar-refractivity contribution is 0.0999. The molecule has 0 radical (unpaired) electrons. The van der Waals surface area contributed by atoms with Crippen LogP contribution in [0.3, 0.4) is 0 Å². The number of nitrogens with zero attached hydrogens (tertiary/aromatic N) is 1. The molecule has 1 aliphatic carbocycles. The van der Waals surface area contributed by atoms with Crippen LogP contribution in [0.25, 0.3) is 0 Å². The van der Waals surface area contributed by atoms with E-state index in [2.05, 4.69) is 23.1 Å². The highest BCUT2D eigenvalue weighted by molar-refractivity contribution is 8.00. The Hall–Kier alpha value is -0.240. The quantitative estimate of drug-likeness (QED) is 0.819. The molecule has 0 spiro atoms. The van der Waals surface area contributed by atoms with Crippen LogP contribution in [0.2, 0.25) is 0 Å². The Kier molecular flexibility index (Phi) is 4.12. The van der Waals surface area contributed by atoms with Gasteiger partial charge in [-0.3, -0.25) is 0 Å². The van der Waals surface area contributed by atoms with Crippen LogP contribution in [0.4, 0.5) is 0 Å². The van der Waals surface area contributed by atoms with Crippen molar-refractivity contribution in [3.63, 3.8) is 0 Å². The van der Waals surface area contributed by atoms with Gasteiger partial charge in [-0.2, -0.15) is 17.0 Å². The van der Waals surface area contributed by atoms with Gasteiger partial charge in [0.1, 0.15) is 5.54 Å². The van der Waals surface area contributed by atoms with Gasteiger partial charge in [0.2, 0.25) is 0 Å². The summed E-state index contributed by atoms with van der Waals surface area (Å²) in [4.78, 5) is 0. The molecule has 0 aromatic rings. The van der Waals surface area contributed by atoms with E-state index in [1.807, 2.05) is 7.05 Å². The highest BCUT2D eigenvalue weighted by atomic mass is 32.2. The smallest absolute Gasteiger partial charge is 0.107 e. The van der Waals surface area contributed by atoms with Gasteiger partial charge in [0, 0.05) is 23.7 Å². The third kappa shape index (κ3) is 2.71. The molecule has 3 nitrogen and oxygen atoms in total. The second-order valence-electron chi connectivity index (χ2n) is 4.76. The Morgan fingerprint density at radius 1 is 1.31 bits per heavy atom. The van der Waals surface area contributed by atoms with Gasteiger partial charge in [-0.05, 0) is 39.2 Å². The highest BCUT2D eigenvalue weighted by Gasteiger charge is 2.39. The van der Waals surface area contributed by atoms with E-state index in [-0.39, 0.29) is 5.54 Å². The first-order chi connectivity index (χ1) is 7.78. The van der Waals surface area contributed by atoms with E-state index in [0.717, 1.165) is 31.3 Å². The molecular formula is C12H20N2OS. The number of nitrogens with one attached hydrogen (secondary N) is 1. The van der Waals surface area contributed by atoms with Gasteiger partial charge in [0.05, 0.1) is 6.07 Å². The second kappa shape index (κ2) is 5.39. The zero-order chi connectivity index (χ0) is 11.4. The van der Waals surface area contributed by atoms with Crippen molar-refractivity contribution in [1.29, 1.82) is 5.26 Å². The first-order valence-electron chi connectivity index (χ1n) is 6.11. The molecule has 0 amide bonds. The normalized spacial score (nSPS) is 36.1. The van der Waals surface area contributed by atoms with E-state index in [0.29, 0.717) is 5.25 Å². The van der Waals surface area contributed by atoms with Crippen molar-refractivity contribution in [2.75, 3.05) is 20.3 Å². The van der Waals surface area contributed by atoms with Crippen molar-refractivity contribution in [3.8, 4) is 6.07 Å². The van der Waals surface area contributed by atoms with Gasteiger partial charge >= 0.3 is 0 Å². The van der Waals surface area contributed by atoms with E-state index in [1.165, 1.54) is 19.3 Å². The minimum atomic E-state index is -0.247. The molecule has 0 aromatic heterocycles. The summed E-state index contributed by atoms with van der Waals surface area (Å²) < 4.78 is 5.37. The lowest BCUT2D eigenvalue weighted by Crippen LogP contribution is -2.39. The Morgan fingerprint density at radius 2 is 2.06 bits per heavy atom. The van der Waals surface area contributed by atoms with Crippen molar-refractivity contribution in [3.05, 3.63) is 0 Å². The molecule has 1 saturated heterocycles. The number of ether oxygens (including phenoxy) is 1. The molecule has 90 valence electrons. The lowest BCUT2D eigenvalue weighted by Gasteiger charge is -2.25. The average Bonchev–Trinajstić information content (AvgIpc) is 2.75. The SMILES string of the molecule is CNC1(C#N)CCC(SC2CCOCC2)C1. The Bertz CT molecular complexity index is 273. The third-order valence-corrected chi connectivity index (χ3v) is 5.36. The number of hydrogen-bond acceptors (Lipinski definition) is 4. The number of nitriles is 1. The minimum Gasteiger partial charge on any atom is -0.381 e. The number of hydrogen-bond donors (Lipinski definition) is 1. The maximum absolute atomic E-state index is 9.20. The first kappa shape index (κ1) is 12.2. The summed E-state index contributed by atoms with van der Waals surface area (Å²) in [6, 6.07) is 2.45. The van der Waals surface area contributed by atoms with Crippen LogP contribution in [-0.4, -0.2) is 36.3 Å². The van der Waals surface area contributed by atoms with Gasteiger partial charge in [0.15, 0.2) is 0 Å². The summed E-state index contributed by atoms with van der Waals surface area (Å²) >= 11 is 2.09. The number of rotatable bonds is 3. The molecule has 2 unspecified atom stereocenters. The Balaban J connectivity index is 1.82. The molecule has 2 rings (SSSR count). The zero-order valence-electron chi connectivity index (χ0n) is 9.87. The highest BCUT2D eigenvalue weighted by Crippen LogP contribution is 2.40. The maximum atomic E-state index is 9.20. The summed E-state index contributed by atoms with van der Waals surface area (Å²) in [5.74, 6) is 0. The number of thioether (sulfide) groups is 1. The third-order valence-electron chi connectivity index (χ3n) is 3.72. The molecule has 2 atom stereocenters. The van der Waals surface area contributed by atoms with Crippen LogP contribution < -0.4 is 5.32 Å². The molecule has 1 heterocycles. The minimum absolute atomic E-state index is 0.247. The summed E-state index contributed by atoms with van der Waals surface area (Å²) in [6.45, 7) is 1.83. The molecule has 1 saturated carbocycles. The molecular weight excluding hydrogens is 220 g/mol. The Labute approximate surface area is 102 Å². The molecule has 1 aliphatic heterocycles. The maximum Gasteiger partial charge on any atom is 0.107 e. The van der Waals surface area contributed by atoms with Crippen molar-refractivity contribution in [2.45, 2.75) is 48.1 Å². The van der Waals surface area contributed by atoms with Crippen molar-refractivity contribution >= 4 is 11.8 Å². The Morgan fingerprint density at radius 3 is 2.62 bits per heavy atom. The molecule has 16 heavy (non-hydrogen) atoms. The van der Waals surface area contributed by atoms with Gasteiger partial charge in [-0.1, -0.05) is 0 Å². The van der Waals surface area contributed by atoms with E-state index < -0.39 is 0 Å². The molecule has 1 N–H and O–H groups in total. The van der Waals surface area contributed by atoms with E-state index >= 15 is 0 Å². The van der Waals surface area contributed by atoms with E-state index in [4.69, 9.17) is 4.74 Å². The van der Waals surface area contributed by atoms with Gasteiger partial charge in [-0.15, -0.1) is 0 Å². The van der Waals surface area contributed by atoms with Crippen LogP contribution in [0.15, 0.2) is 0 Å². The zero-order valence-corrected chi connectivity index (χ0v) is 10.7. The summed E-state index contributed by atoms with van der Waals surface area (Å²) in [6.07, 6.45) is 5.54. The topological polar surface area (TPSA) is 45.0 Å². The van der Waals surface area contributed by atoms with Gasteiger partial charge < -0.3 is 10.1 Å². The second-order valence-corrected chi connectivity index (χ2v) is 6.36. The van der Waals surface area contributed by atoms with Crippen LogP contribution in [0.5, 0.6) is 0 Å². The van der Waals surface area contributed by atoms with Crippen molar-refractivity contribution in [2.24, 2.45) is 0 Å². The van der Waals surface area contributed by atoms with Gasteiger partial charge in [-0.25, -0.2) is 0 Å². The lowest BCUT2D eigenvalue weighted by atomic mass is 10.0. The summed E-state index contributed by atoms with van der Waals surface area (Å²) in [5.41, 5.74) is -0.247. The van der Waals surface area contributed by atoms with Crippen LogP contribution in [-0.2, 0) is 4.74 Å². The standard InChI is InChI=1S/C12H20N2OS/c1-14-12(9-13)5-2-11(8-12)16-10-3-6-15-7-4-10/h10-11,14H,2-8H2,1H3. The van der Waals surface area contributed by atoms with Gasteiger partial charge in [0.25, 0.3) is 0 Å². The summed E-state index contributed by atoms with van der Waals surface area (Å²) in [5, 5.41) is 13.8. The predicted molar refractivity (Wildman–Crippen MR) is 66.5 cm³/mol. The summed E-state index contributed by atoms with van der Waals surface area (Å²) in [7, 11) is 1.91. The fourth-order valence-electron chi connectivity index (χ4n) is 2.59. The molecule has 4 heteroatoms. The van der Waals surface area contributed by atoms with Crippen LogP contribution in [0, 0.1) is 11.3 Å². The van der Waals surface area contributed by atoms with E-state index in [1.54, 1.807) is 0 Å². The molecule has 0 bridgehead atoms. The van der Waals surface area contributed by atoms with Crippen molar-refractivity contribution in [1.82, 2.24) is 5.32 Å². The average molecular weight is 240 g/mol. The molecule has 2 aliphatic rings. The largest absolute Gasteiger partial charge is 0.381 e.